The molecule has 0 atom stereocenters. The summed E-state index contributed by atoms with van der Waals surface area (Å²) in [6, 6.07) is 0. The van der Waals surface area contributed by atoms with Crippen molar-refractivity contribution in [1.29, 1.82) is 0 Å². The van der Waals surface area contributed by atoms with Gasteiger partial charge in [-0.15, -0.1) is 0 Å². The van der Waals surface area contributed by atoms with Crippen molar-refractivity contribution in [1.82, 2.24) is 25.2 Å². The summed E-state index contributed by atoms with van der Waals surface area (Å²) in [7, 11) is 0. The number of anilines is 1. The third-order valence-electron chi connectivity index (χ3n) is 5.27. The van der Waals surface area contributed by atoms with Gasteiger partial charge in [0.25, 0.3) is 0 Å². The Hall–Kier alpha value is -2.62. The molecule has 10 heteroatoms. The van der Waals surface area contributed by atoms with E-state index in [-0.39, 0.29) is 17.9 Å². The second-order valence-corrected chi connectivity index (χ2v) is 7.00. The quantitative estimate of drug-likeness (QED) is 0.774. The molecule has 0 radical (unpaired) electrons. The fraction of sp³-hybridized carbons (Fsp3) is 0.588. The van der Waals surface area contributed by atoms with Crippen molar-refractivity contribution >= 4 is 11.7 Å². The zero-order valence-electron chi connectivity index (χ0n) is 15.1. The summed E-state index contributed by atoms with van der Waals surface area (Å²) in [5, 5.41) is 7.51. The molecule has 1 amide bonds. The predicted octanol–water partition coefficient (Wildman–Crippen LogP) is 0.748. The molecule has 0 aliphatic carbocycles. The van der Waals surface area contributed by atoms with Crippen molar-refractivity contribution in [2.45, 2.75) is 31.8 Å². The summed E-state index contributed by atoms with van der Waals surface area (Å²) in [6.07, 6.45) is 4.28. The van der Waals surface area contributed by atoms with E-state index in [1.165, 1.54) is 6.20 Å². The number of aromatic nitrogens is 4. The molecular weight excluding hydrogens is 355 g/mol. The Kier molecular flexibility index (Phi) is 4.73. The van der Waals surface area contributed by atoms with E-state index in [9.17, 15) is 9.18 Å². The van der Waals surface area contributed by atoms with Crippen LogP contribution in [0.25, 0.3) is 0 Å². The molecule has 1 spiro atoms. The first-order chi connectivity index (χ1) is 13.0. The Morgan fingerprint density at radius 2 is 2.04 bits per heavy atom. The molecule has 2 aliphatic heterocycles. The van der Waals surface area contributed by atoms with E-state index < -0.39 is 5.95 Å². The van der Waals surface area contributed by atoms with Gasteiger partial charge in [0.05, 0.1) is 31.0 Å². The van der Waals surface area contributed by atoms with Crippen LogP contribution in [0.5, 0.6) is 0 Å². The van der Waals surface area contributed by atoms with Gasteiger partial charge in [-0.1, -0.05) is 10.3 Å². The zero-order chi connectivity index (χ0) is 18.9. The molecule has 4 rings (SSSR count). The Labute approximate surface area is 155 Å². The van der Waals surface area contributed by atoms with Crippen LogP contribution in [0.1, 0.15) is 24.2 Å². The van der Waals surface area contributed by atoms with Crippen molar-refractivity contribution in [3.05, 3.63) is 29.7 Å². The molecule has 0 saturated carbocycles. The van der Waals surface area contributed by atoms with Gasteiger partial charge in [0.1, 0.15) is 17.2 Å². The molecule has 0 N–H and O–H groups in total. The molecule has 2 aliphatic rings. The van der Waals surface area contributed by atoms with Gasteiger partial charge in [-0.2, -0.15) is 4.39 Å². The molecule has 144 valence electrons. The Balaban J connectivity index is 1.37. The second-order valence-electron chi connectivity index (χ2n) is 7.00. The monoisotopic (exact) mass is 376 g/mol. The standard InChI is InChI=1S/C17H21FN6O3/c1-12-13(22-27-21-12)8-16(25)24-6-7-26-17(11-24)2-4-23(5-3-17)15-10-19-14(18)9-20-15/h9-10H,2-8,11H2,1H3. The van der Waals surface area contributed by atoms with Crippen molar-refractivity contribution in [3.63, 3.8) is 0 Å². The summed E-state index contributed by atoms with van der Waals surface area (Å²) in [5.41, 5.74) is 0.861. The maximum Gasteiger partial charge on any atom is 0.231 e. The van der Waals surface area contributed by atoms with Gasteiger partial charge >= 0.3 is 0 Å². The van der Waals surface area contributed by atoms with Gasteiger partial charge in [-0.05, 0) is 19.8 Å². The lowest BCUT2D eigenvalue weighted by atomic mass is 9.89. The van der Waals surface area contributed by atoms with Crippen molar-refractivity contribution in [2.75, 3.05) is 37.7 Å². The summed E-state index contributed by atoms with van der Waals surface area (Å²) < 4.78 is 23.7. The van der Waals surface area contributed by atoms with E-state index in [1.54, 1.807) is 6.92 Å². The minimum Gasteiger partial charge on any atom is -0.371 e. The van der Waals surface area contributed by atoms with Crippen LogP contribution in [-0.4, -0.2) is 69.5 Å². The smallest absolute Gasteiger partial charge is 0.231 e. The van der Waals surface area contributed by atoms with Gasteiger partial charge in [0.15, 0.2) is 0 Å². The fourth-order valence-electron chi connectivity index (χ4n) is 3.64. The lowest BCUT2D eigenvalue weighted by Gasteiger charge is -2.47. The number of hydrogen-bond acceptors (Lipinski definition) is 8. The molecule has 27 heavy (non-hydrogen) atoms. The lowest BCUT2D eigenvalue weighted by molar-refractivity contribution is -0.153. The molecule has 0 bridgehead atoms. The van der Waals surface area contributed by atoms with Crippen LogP contribution in [0, 0.1) is 12.9 Å². The van der Waals surface area contributed by atoms with Gasteiger partial charge < -0.3 is 14.5 Å². The highest BCUT2D eigenvalue weighted by molar-refractivity contribution is 5.78. The summed E-state index contributed by atoms with van der Waals surface area (Å²) >= 11 is 0. The number of morpholine rings is 1. The highest BCUT2D eigenvalue weighted by Crippen LogP contribution is 2.31. The number of ether oxygens (including phenoxy) is 1. The number of carbonyl (C=O) groups excluding carboxylic acids is 1. The Bertz CT molecular complexity index is 803. The first kappa shape index (κ1) is 17.8. The van der Waals surface area contributed by atoms with E-state index in [4.69, 9.17) is 4.74 Å². The number of piperidine rings is 1. The number of halogens is 1. The maximum atomic E-state index is 13.0. The lowest BCUT2D eigenvalue weighted by Crippen LogP contribution is -2.58. The molecule has 4 heterocycles. The minimum absolute atomic E-state index is 0.00306. The summed E-state index contributed by atoms with van der Waals surface area (Å²) in [5.74, 6) is 0.0712. The van der Waals surface area contributed by atoms with Gasteiger partial charge in [0.2, 0.25) is 11.9 Å². The van der Waals surface area contributed by atoms with E-state index in [0.717, 1.165) is 19.0 Å². The van der Waals surface area contributed by atoms with Crippen molar-refractivity contribution in [3.8, 4) is 0 Å². The van der Waals surface area contributed by atoms with Crippen LogP contribution in [0.4, 0.5) is 10.2 Å². The van der Waals surface area contributed by atoms with Crippen molar-refractivity contribution in [2.24, 2.45) is 0 Å². The number of nitrogens with zero attached hydrogens (tertiary/aromatic N) is 6. The zero-order valence-corrected chi connectivity index (χ0v) is 15.1. The van der Waals surface area contributed by atoms with Crippen LogP contribution in [0.2, 0.25) is 0 Å². The SMILES string of the molecule is Cc1nonc1CC(=O)N1CCOC2(CCN(c3cnc(F)cn3)CC2)C1. The van der Waals surface area contributed by atoms with Crippen molar-refractivity contribution < 1.29 is 18.6 Å². The summed E-state index contributed by atoms with van der Waals surface area (Å²) in [4.78, 5) is 24.3. The van der Waals surface area contributed by atoms with Crippen LogP contribution >= 0.6 is 0 Å². The number of carbonyl (C=O) groups is 1. The Morgan fingerprint density at radius 1 is 1.22 bits per heavy atom. The van der Waals surface area contributed by atoms with E-state index in [0.29, 0.717) is 50.0 Å². The largest absolute Gasteiger partial charge is 0.371 e. The van der Waals surface area contributed by atoms with Gasteiger partial charge in [-0.3, -0.25) is 4.79 Å². The van der Waals surface area contributed by atoms with Gasteiger partial charge in [-0.25, -0.2) is 14.6 Å². The number of hydrogen-bond donors (Lipinski definition) is 0. The minimum atomic E-state index is -0.588. The first-order valence-electron chi connectivity index (χ1n) is 8.97. The molecule has 0 aromatic carbocycles. The van der Waals surface area contributed by atoms with E-state index in [1.807, 2.05) is 4.90 Å². The third kappa shape index (κ3) is 3.75. The highest BCUT2D eigenvalue weighted by Gasteiger charge is 2.41. The van der Waals surface area contributed by atoms with Crippen LogP contribution in [-0.2, 0) is 16.0 Å². The molecule has 0 unspecified atom stereocenters. The van der Waals surface area contributed by atoms with Gasteiger partial charge in [0, 0.05) is 26.2 Å². The topological polar surface area (TPSA) is 97.5 Å². The normalized spacial score (nSPS) is 19.5. The van der Waals surface area contributed by atoms with Crippen LogP contribution in [0.3, 0.4) is 0 Å². The Morgan fingerprint density at radius 3 is 2.70 bits per heavy atom. The number of rotatable bonds is 3. The molecule has 2 aromatic rings. The van der Waals surface area contributed by atoms with E-state index >= 15 is 0 Å². The molecule has 2 fully saturated rings. The number of aryl methyl sites for hydroxylation is 1. The molecule has 2 aromatic heterocycles. The second kappa shape index (κ2) is 7.18. The average molecular weight is 376 g/mol. The van der Waals surface area contributed by atoms with E-state index in [2.05, 4.69) is 29.8 Å². The number of amides is 1. The molecular formula is C17H21FN6O3. The highest BCUT2D eigenvalue weighted by atomic mass is 19.1. The van der Waals surface area contributed by atoms with Crippen LogP contribution in [0.15, 0.2) is 17.0 Å². The summed E-state index contributed by atoms with van der Waals surface area (Å²) in [6.45, 7) is 4.84. The third-order valence-corrected chi connectivity index (χ3v) is 5.27. The molecule has 9 nitrogen and oxygen atoms in total. The fourth-order valence-corrected chi connectivity index (χ4v) is 3.64. The first-order valence-corrected chi connectivity index (χ1v) is 8.97. The maximum absolute atomic E-state index is 13.0. The molecule has 2 saturated heterocycles. The van der Waals surface area contributed by atoms with Crippen LogP contribution < -0.4 is 4.90 Å². The predicted molar refractivity (Wildman–Crippen MR) is 91.4 cm³/mol. The average Bonchev–Trinajstić information content (AvgIpc) is 3.08.